The maximum atomic E-state index is 12.8. The molecule has 0 spiro atoms. The highest BCUT2D eigenvalue weighted by atomic mass is 19.1. The molecule has 3 rings (SSSR count). The maximum absolute atomic E-state index is 12.8. The molecule has 0 unspecified atom stereocenters. The zero-order chi connectivity index (χ0) is 13.1. The van der Waals surface area contributed by atoms with Crippen molar-refractivity contribution < 1.29 is 9.13 Å². The van der Waals surface area contributed by atoms with E-state index in [1.807, 2.05) is 35.2 Å². The number of aromatic nitrogens is 2. The minimum atomic E-state index is -0.420. The van der Waals surface area contributed by atoms with Gasteiger partial charge < -0.3 is 9.64 Å². The van der Waals surface area contributed by atoms with Crippen LogP contribution < -0.4 is 4.90 Å². The lowest BCUT2D eigenvalue weighted by molar-refractivity contribution is 0.0392. The highest BCUT2D eigenvalue weighted by Gasteiger charge is 2.23. The highest BCUT2D eigenvalue weighted by molar-refractivity contribution is 5.31. The lowest BCUT2D eigenvalue weighted by atomic mass is 10.1. The molecule has 0 radical (unpaired) electrons. The van der Waals surface area contributed by atoms with Gasteiger partial charge in [-0.25, -0.2) is 14.4 Å². The number of benzene rings is 1. The summed E-state index contributed by atoms with van der Waals surface area (Å²) in [4.78, 5) is 10.0. The van der Waals surface area contributed by atoms with Crippen LogP contribution in [0, 0.1) is 5.82 Å². The Labute approximate surface area is 110 Å². The number of anilines is 1. The number of hydrogen-bond donors (Lipinski definition) is 0. The Hall–Kier alpha value is -2.01. The quantitative estimate of drug-likeness (QED) is 0.828. The molecule has 1 aromatic heterocycles. The average molecular weight is 259 g/mol. The molecule has 0 bridgehead atoms. The Morgan fingerprint density at radius 1 is 1.16 bits per heavy atom. The summed E-state index contributed by atoms with van der Waals surface area (Å²) < 4.78 is 18.6. The molecule has 0 saturated carbocycles. The lowest BCUT2D eigenvalue weighted by Crippen LogP contribution is -2.39. The topological polar surface area (TPSA) is 38.2 Å². The second-order valence-corrected chi connectivity index (χ2v) is 4.42. The number of morpholine rings is 1. The molecule has 2 heterocycles. The molecule has 1 saturated heterocycles. The van der Waals surface area contributed by atoms with E-state index in [9.17, 15) is 4.39 Å². The molecule has 1 atom stereocenters. The Morgan fingerprint density at radius 3 is 2.63 bits per heavy atom. The van der Waals surface area contributed by atoms with E-state index in [0.29, 0.717) is 19.1 Å². The highest BCUT2D eigenvalue weighted by Crippen LogP contribution is 2.23. The largest absolute Gasteiger partial charge is 0.370 e. The van der Waals surface area contributed by atoms with Gasteiger partial charge in [-0.3, -0.25) is 0 Å². The Morgan fingerprint density at radius 2 is 1.89 bits per heavy atom. The van der Waals surface area contributed by atoms with Crippen molar-refractivity contribution in [3.8, 4) is 0 Å². The molecule has 1 fully saturated rings. The predicted molar refractivity (Wildman–Crippen MR) is 69.3 cm³/mol. The van der Waals surface area contributed by atoms with Crippen LogP contribution in [0.2, 0.25) is 0 Å². The average Bonchev–Trinajstić information content (AvgIpc) is 2.49. The Balaban J connectivity index is 1.76. The monoisotopic (exact) mass is 259 g/mol. The van der Waals surface area contributed by atoms with Crippen LogP contribution >= 0.6 is 0 Å². The summed E-state index contributed by atoms with van der Waals surface area (Å²) in [6.45, 7) is 2.00. The molecule has 1 aromatic carbocycles. The van der Waals surface area contributed by atoms with E-state index in [-0.39, 0.29) is 6.10 Å². The third-order valence-corrected chi connectivity index (χ3v) is 3.13. The van der Waals surface area contributed by atoms with Gasteiger partial charge in [-0.2, -0.15) is 0 Å². The van der Waals surface area contributed by atoms with Gasteiger partial charge in [0.1, 0.15) is 6.10 Å². The Bertz CT molecular complexity index is 532. The minimum Gasteiger partial charge on any atom is -0.370 e. The van der Waals surface area contributed by atoms with Crippen LogP contribution in [0.4, 0.5) is 10.3 Å². The van der Waals surface area contributed by atoms with Gasteiger partial charge in [-0.15, -0.1) is 0 Å². The summed E-state index contributed by atoms with van der Waals surface area (Å²) in [5.74, 6) is 0.127. The first-order valence-corrected chi connectivity index (χ1v) is 6.22. The van der Waals surface area contributed by atoms with Crippen molar-refractivity contribution in [3.05, 3.63) is 54.1 Å². The van der Waals surface area contributed by atoms with Gasteiger partial charge in [0.2, 0.25) is 5.95 Å². The van der Waals surface area contributed by atoms with Crippen LogP contribution in [0.15, 0.2) is 42.7 Å². The summed E-state index contributed by atoms with van der Waals surface area (Å²) in [6.07, 6.45) is 2.38. The van der Waals surface area contributed by atoms with E-state index in [4.69, 9.17) is 4.74 Å². The van der Waals surface area contributed by atoms with Gasteiger partial charge in [-0.05, 0) is 5.56 Å². The van der Waals surface area contributed by atoms with E-state index in [0.717, 1.165) is 12.1 Å². The van der Waals surface area contributed by atoms with E-state index in [2.05, 4.69) is 9.97 Å². The molecule has 19 heavy (non-hydrogen) atoms. The lowest BCUT2D eigenvalue weighted by Gasteiger charge is -2.33. The SMILES string of the molecule is Fc1cnc(N2CCO[C@H](c3ccccc3)C2)nc1. The van der Waals surface area contributed by atoms with Crippen LogP contribution in [-0.2, 0) is 4.74 Å². The van der Waals surface area contributed by atoms with Crippen molar-refractivity contribution in [1.29, 1.82) is 0 Å². The van der Waals surface area contributed by atoms with E-state index >= 15 is 0 Å². The van der Waals surface area contributed by atoms with Crippen LogP contribution in [-0.4, -0.2) is 29.7 Å². The summed E-state index contributed by atoms with van der Waals surface area (Å²) in [7, 11) is 0. The normalized spacial score (nSPS) is 19.4. The molecule has 0 aliphatic carbocycles. The molecule has 2 aromatic rings. The third kappa shape index (κ3) is 2.71. The van der Waals surface area contributed by atoms with Gasteiger partial charge >= 0.3 is 0 Å². The third-order valence-electron chi connectivity index (χ3n) is 3.13. The van der Waals surface area contributed by atoms with Gasteiger partial charge in [-0.1, -0.05) is 30.3 Å². The van der Waals surface area contributed by atoms with Crippen molar-refractivity contribution in [2.75, 3.05) is 24.6 Å². The van der Waals surface area contributed by atoms with E-state index in [1.165, 1.54) is 12.4 Å². The number of rotatable bonds is 2. The molecule has 1 aliphatic rings. The molecular formula is C14H14FN3O. The van der Waals surface area contributed by atoms with Gasteiger partial charge in [0.25, 0.3) is 0 Å². The predicted octanol–water partition coefficient (Wildman–Crippen LogP) is 2.19. The van der Waals surface area contributed by atoms with Crippen molar-refractivity contribution >= 4 is 5.95 Å². The van der Waals surface area contributed by atoms with Crippen molar-refractivity contribution in [1.82, 2.24) is 9.97 Å². The van der Waals surface area contributed by atoms with Gasteiger partial charge in [0.15, 0.2) is 5.82 Å². The number of ether oxygens (including phenoxy) is 1. The van der Waals surface area contributed by atoms with Crippen LogP contribution in [0.3, 0.4) is 0 Å². The molecular weight excluding hydrogens is 245 g/mol. The summed E-state index contributed by atoms with van der Waals surface area (Å²) in [5.41, 5.74) is 1.13. The zero-order valence-corrected chi connectivity index (χ0v) is 10.4. The fraction of sp³-hybridized carbons (Fsp3) is 0.286. The summed E-state index contributed by atoms with van der Waals surface area (Å²) >= 11 is 0. The van der Waals surface area contributed by atoms with Gasteiger partial charge in [0.05, 0.1) is 25.5 Å². The molecule has 0 amide bonds. The van der Waals surface area contributed by atoms with Gasteiger partial charge in [0, 0.05) is 6.54 Å². The second kappa shape index (κ2) is 5.32. The van der Waals surface area contributed by atoms with Crippen molar-refractivity contribution in [2.24, 2.45) is 0 Å². The van der Waals surface area contributed by atoms with Crippen molar-refractivity contribution in [2.45, 2.75) is 6.10 Å². The molecule has 4 nitrogen and oxygen atoms in total. The first-order valence-electron chi connectivity index (χ1n) is 6.22. The maximum Gasteiger partial charge on any atom is 0.225 e. The molecule has 98 valence electrons. The summed E-state index contributed by atoms with van der Waals surface area (Å²) in [6, 6.07) is 10.0. The number of halogens is 1. The minimum absolute atomic E-state index is 0.00334. The summed E-state index contributed by atoms with van der Waals surface area (Å²) in [5, 5.41) is 0. The van der Waals surface area contributed by atoms with E-state index < -0.39 is 5.82 Å². The van der Waals surface area contributed by atoms with Crippen LogP contribution in [0.1, 0.15) is 11.7 Å². The standard InChI is InChI=1S/C14H14FN3O/c15-12-8-16-14(17-9-12)18-6-7-19-13(10-18)11-4-2-1-3-5-11/h1-5,8-9,13H,6-7,10H2/t13-/m0/s1. The molecule has 5 heteroatoms. The smallest absolute Gasteiger partial charge is 0.225 e. The zero-order valence-electron chi connectivity index (χ0n) is 10.4. The number of nitrogens with zero attached hydrogens (tertiary/aromatic N) is 3. The van der Waals surface area contributed by atoms with Crippen LogP contribution in [0.25, 0.3) is 0 Å². The molecule has 0 N–H and O–H groups in total. The fourth-order valence-electron chi connectivity index (χ4n) is 2.17. The van der Waals surface area contributed by atoms with Crippen LogP contribution in [0.5, 0.6) is 0 Å². The first-order chi connectivity index (χ1) is 9.33. The first kappa shape index (κ1) is 12.0. The Kier molecular flexibility index (Phi) is 3.37. The number of hydrogen-bond acceptors (Lipinski definition) is 4. The fourth-order valence-corrected chi connectivity index (χ4v) is 2.17. The van der Waals surface area contributed by atoms with E-state index in [1.54, 1.807) is 0 Å². The van der Waals surface area contributed by atoms with Crippen molar-refractivity contribution in [3.63, 3.8) is 0 Å². The second-order valence-electron chi connectivity index (χ2n) is 4.42. The molecule has 1 aliphatic heterocycles.